The van der Waals surface area contributed by atoms with E-state index >= 15 is 0 Å². The van der Waals surface area contributed by atoms with E-state index in [1.807, 2.05) is 25.1 Å². The van der Waals surface area contributed by atoms with E-state index in [0.717, 1.165) is 24.1 Å². The van der Waals surface area contributed by atoms with E-state index in [0.29, 0.717) is 6.54 Å². The maximum atomic E-state index is 12.1. The Morgan fingerprint density at radius 3 is 2.78 bits per heavy atom. The highest BCUT2D eigenvalue weighted by atomic mass is 16.1. The van der Waals surface area contributed by atoms with Crippen molar-refractivity contribution in [2.24, 2.45) is 0 Å². The summed E-state index contributed by atoms with van der Waals surface area (Å²) in [5.74, 6) is 0.0213. The molecule has 0 bridgehead atoms. The Morgan fingerprint density at radius 2 is 2.17 bits per heavy atom. The highest BCUT2D eigenvalue weighted by Crippen LogP contribution is 2.17. The molecule has 1 unspecified atom stereocenters. The molecule has 1 heterocycles. The molecule has 18 heavy (non-hydrogen) atoms. The molecule has 1 saturated heterocycles. The minimum absolute atomic E-state index is 0.0213. The van der Waals surface area contributed by atoms with Crippen molar-refractivity contribution in [1.82, 2.24) is 10.6 Å². The molecular weight excluding hydrogens is 224 g/mol. The Morgan fingerprint density at radius 1 is 1.39 bits per heavy atom. The standard InChI is InChI=1S/C15H22N2O/c1-11-5-6-13(9-12(11)2)14(18)16-10-15(3)7-4-8-17-15/h5-6,9,17H,4,7-8,10H2,1-3H3,(H,16,18). The van der Waals surface area contributed by atoms with Crippen molar-refractivity contribution in [2.75, 3.05) is 13.1 Å². The fourth-order valence-corrected chi connectivity index (χ4v) is 2.37. The van der Waals surface area contributed by atoms with Crippen LogP contribution in [0.3, 0.4) is 0 Å². The van der Waals surface area contributed by atoms with Gasteiger partial charge >= 0.3 is 0 Å². The van der Waals surface area contributed by atoms with E-state index in [4.69, 9.17) is 0 Å². The van der Waals surface area contributed by atoms with Gasteiger partial charge in [0.25, 0.3) is 5.91 Å². The molecule has 1 fully saturated rings. The molecule has 0 aromatic heterocycles. The molecule has 3 nitrogen and oxygen atoms in total. The van der Waals surface area contributed by atoms with E-state index in [2.05, 4.69) is 24.5 Å². The maximum Gasteiger partial charge on any atom is 0.251 e. The van der Waals surface area contributed by atoms with Crippen molar-refractivity contribution in [3.8, 4) is 0 Å². The first-order valence-corrected chi connectivity index (χ1v) is 6.61. The molecular formula is C15H22N2O. The second-order valence-corrected chi connectivity index (χ2v) is 5.57. The lowest BCUT2D eigenvalue weighted by atomic mass is 10.00. The van der Waals surface area contributed by atoms with Crippen LogP contribution in [0.25, 0.3) is 0 Å². The molecule has 1 aromatic carbocycles. The average Bonchev–Trinajstić information content (AvgIpc) is 2.77. The molecule has 1 aliphatic rings. The third kappa shape index (κ3) is 2.91. The van der Waals surface area contributed by atoms with Gasteiger partial charge in [-0.2, -0.15) is 0 Å². The van der Waals surface area contributed by atoms with Crippen LogP contribution in [0.15, 0.2) is 18.2 Å². The van der Waals surface area contributed by atoms with Gasteiger partial charge in [-0.1, -0.05) is 6.07 Å². The van der Waals surface area contributed by atoms with Gasteiger partial charge in [0.2, 0.25) is 0 Å². The topological polar surface area (TPSA) is 41.1 Å². The molecule has 1 aliphatic heterocycles. The van der Waals surface area contributed by atoms with Crippen molar-refractivity contribution >= 4 is 5.91 Å². The van der Waals surface area contributed by atoms with Crippen molar-refractivity contribution < 1.29 is 4.79 Å². The minimum atomic E-state index is 0.0213. The van der Waals surface area contributed by atoms with Crippen LogP contribution < -0.4 is 10.6 Å². The molecule has 2 rings (SSSR count). The summed E-state index contributed by atoms with van der Waals surface area (Å²) >= 11 is 0. The summed E-state index contributed by atoms with van der Waals surface area (Å²) in [6, 6.07) is 5.84. The van der Waals surface area contributed by atoms with Crippen molar-refractivity contribution in [2.45, 2.75) is 39.2 Å². The van der Waals surface area contributed by atoms with Gasteiger partial charge in [0.1, 0.15) is 0 Å². The number of hydrogen-bond acceptors (Lipinski definition) is 2. The number of nitrogens with one attached hydrogen (secondary N) is 2. The van der Waals surface area contributed by atoms with E-state index < -0.39 is 0 Å². The van der Waals surface area contributed by atoms with Crippen LogP contribution in [0.4, 0.5) is 0 Å². The normalized spacial score (nSPS) is 23.1. The average molecular weight is 246 g/mol. The fraction of sp³-hybridized carbons (Fsp3) is 0.533. The summed E-state index contributed by atoms with van der Waals surface area (Å²) in [6.45, 7) is 8.00. The monoisotopic (exact) mass is 246 g/mol. The SMILES string of the molecule is Cc1ccc(C(=O)NCC2(C)CCCN2)cc1C. The van der Waals surface area contributed by atoms with Crippen LogP contribution in [-0.4, -0.2) is 24.5 Å². The van der Waals surface area contributed by atoms with Crippen LogP contribution in [0.2, 0.25) is 0 Å². The lowest BCUT2D eigenvalue weighted by Crippen LogP contribution is -2.47. The van der Waals surface area contributed by atoms with Crippen molar-refractivity contribution in [3.05, 3.63) is 34.9 Å². The van der Waals surface area contributed by atoms with Gasteiger partial charge in [0.15, 0.2) is 0 Å². The van der Waals surface area contributed by atoms with Gasteiger partial charge < -0.3 is 10.6 Å². The number of carbonyl (C=O) groups is 1. The number of carbonyl (C=O) groups excluding carboxylic acids is 1. The van der Waals surface area contributed by atoms with Gasteiger partial charge in [-0.05, 0) is 63.4 Å². The summed E-state index contributed by atoms with van der Waals surface area (Å²) < 4.78 is 0. The van der Waals surface area contributed by atoms with Gasteiger partial charge in [0, 0.05) is 17.6 Å². The largest absolute Gasteiger partial charge is 0.350 e. The quantitative estimate of drug-likeness (QED) is 0.858. The Bertz CT molecular complexity index is 448. The van der Waals surface area contributed by atoms with Gasteiger partial charge in [-0.25, -0.2) is 0 Å². The first kappa shape index (κ1) is 13.1. The summed E-state index contributed by atoms with van der Waals surface area (Å²) in [7, 11) is 0. The Labute approximate surface area is 109 Å². The molecule has 1 atom stereocenters. The first-order chi connectivity index (χ1) is 8.50. The number of amides is 1. The van der Waals surface area contributed by atoms with Crippen molar-refractivity contribution in [1.29, 1.82) is 0 Å². The van der Waals surface area contributed by atoms with Crippen LogP contribution in [-0.2, 0) is 0 Å². The third-order valence-electron chi connectivity index (χ3n) is 3.87. The summed E-state index contributed by atoms with van der Waals surface area (Å²) in [5.41, 5.74) is 3.19. The van der Waals surface area contributed by atoms with Crippen LogP contribution in [0.5, 0.6) is 0 Å². The van der Waals surface area contributed by atoms with E-state index in [1.165, 1.54) is 12.0 Å². The van der Waals surface area contributed by atoms with E-state index in [1.54, 1.807) is 0 Å². The fourth-order valence-electron chi connectivity index (χ4n) is 2.37. The predicted molar refractivity (Wildman–Crippen MR) is 73.9 cm³/mol. The smallest absolute Gasteiger partial charge is 0.251 e. The number of benzene rings is 1. The minimum Gasteiger partial charge on any atom is -0.350 e. The molecule has 2 N–H and O–H groups in total. The lowest BCUT2D eigenvalue weighted by Gasteiger charge is -2.24. The number of aryl methyl sites for hydroxylation is 2. The second-order valence-electron chi connectivity index (χ2n) is 5.57. The van der Waals surface area contributed by atoms with Crippen molar-refractivity contribution in [3.63, 3.8) is 0 Å². The number of rotatable bonds is 3. The zero-order valence-corrected chi connectivity index (χ0v) is 11.5. The Balaban J connectivity index is 1.97. The molecule has 0 radical (unpaired) electrons. The molecule has 0 saturated carbocycles. The Hall–Kier alpha value is -1.35. The van der Waals surface area contributed by atoms with Crippen LogP contribution in [0, 0.1) is 13.8 Å². The van der Waals surface area contributed by atoms with Crippen LogP contribution >= 0.6 is 0 Å². The lowest BCUT2D eigenvalue weighted by molar-refractivity contribution is 0.0942. The molecule has 1 aromatic rings. The number of hydrogen-bond donors (Lipinski definition) is 2. The van der Waals surface area contributed by atoms with E-state index in [9.17, 15) is 4.79 Å². The summed E-state index contributed by atoms with van der Waals surface area (Å²) in [4.78, 5) is 12.1. The molecule has 0 aliphatic carbocycles. The predicted octanol–water partition coefficient (Wildman–Crippen LogP) is 2.18. The van der Waals surface area contributed by atoms with Gasteiger partial charge in [-0.3, -0.25) is 4.79 Å². The summed E-state index contributed by atoms with van der Waals surface area (Å²) in [5, 5.41) is 6.47. The zero-order chi connectivity index (χ0) is 13.2. The molecule has 3 heteroatoms. The maximum absolute atomic E-state index is 12.1. The summed E-state index contributed by atoms with van der Waals surface area (Å²) in [6.07, 6.45) is 2.32. The van der Waals surface area contributed by atoms with Gasteiger partial charge in [0.05, 0.1) is 0 Å². The highest BCUT2D eigenvalue weighted by molar-refractivity contribution is 5.94. The molecule has 0 spiro atoms. The van der Waals surface area contributed by atoms with Crippen LogP contribution in [0.1, 0.15) is 41.3 Å². The second kappa shape index (κ2) is 5.11. The molecule has 1 amide bonds. The highest BCUT2D eigenvalue weighted by Gasteiger charge is 2.28. The first-order valence-electron chi connectivity index (χ1n) is 6.61. The van der Waals surface area contributed by atoms with Gasteiger partial charge in [-0.15, -0.1) is 0 Å². The zero-order valence-electron chi connectivity index (χ0n) is 11.5. The van der Waals surface area contributed by atoms with E-state index in [-0.39, 0.29) is 11.4 Å². The third-order valence-corrected chi connectivity index (χ3v) is 3.87. The Kier molecular flexibility index (Phi) is 3.71. The molecule has 98 valence electrons.